The van der Waals surface area contributed by atoms with E-state index in [1.54, 1.807) is 6.33 Å². The highest BCUT2D eigenvalue weighted by Gasteiger charge is 2.28. The van der Waals surface area contributed by atoms with Crippen LogP contribution in [0.25, 0.3) is 11.0 Å². The van der Waals surface area contributed by atoms with Crippen LogP contribution >= 0.6 is 0 Å². The van der Waals surface area contributed by atoms with E-state index in [0.29, 0.717) is 6.04 Å². The summed E-state index contributed by atoms with van der Waals surface area (Å²) in [5.41, 5.74) is 2.29. The van der Waals surface area contributed by atoms with Crippen LogP contribution in [-0.4, -0.2) is 40.1 Å². The SMILES string of the molecule is CCc1c[nH]c2ncnc(N3CCC(NC4CC4)CC3)c12. The molecule has 2 aliphatic rings. The molecule has 5 nitrogen and oxygen atoms in total. The maximum absolute atomic E-state index is 4.58. The van der Waals surface area contributed by atoms with E-state index in [9.17, 15) is 0 Å². The standard InChI is InChI=1S/C16H23N5/c1-2-11-9-17-15-14(11)16(19-10-18-15)21-7-5-13(6-8-21)20-12-3-4-12/h9-10,12-13,20H,2-8H2,1H3,(H,17,18,19). The van der Waals surface area contributed by atoms with E-state index in [2.05, 4.69) is 38.3 Å². The van der Waals surface area contributed by atoms with Gasteiger partial charge in [-0.3, -0.25) is 0 Å². The van der Waals surface area contributed by atoms with Gasteiger partial charge in [0.15, 0.2) is 0 Å². The molecule has 1 saturated carbocycles. The number of aryl methyl sites for hydroxylation is 1. The van der Waals surface area contributed by atoms with Gasteiger partial charge in [0.25, 0.3) is 0 Å². The summed E-state index contributed by atoms with van der Waals surface area (Å²) in [6, 6.07) is 1.51. The molecule has 2 aromatic rings. The van der Waals surface area contributed by atoms with Crippen molar-refractivity contribution in [3.63, 3.8) is 0 Å². The van der Waals surface area contributed by atoms with Gasteiger partial charge < -0.3 is 15.2 Å². The van der Waals surface area contributed by atoms with Gasteiger partial charge in [0.05, 0.1) is 5.39 Å². The summed E-state index contributed by atoms with van der Waals surface area (Å²) in [6.07, 6.45) is 9.94. The second-order valence-electron chi connectivity index (χ2n) is 6.29. The van der Waals surface area contributed by atoms with Crippen molar-refractivity contribution in [3.8, 4) is 0 Å². The lowest BCUT2D eigenvalue weighted by atomic mass is 10.0. The third-order valence-electron chi connectivity index (χ3n) is 4.76. The van der Waals surface area contributed by atoms with Gasteiger partial charge >= 0.3 is 0 Å². The summed E-state index contributed by atoms with van der Waals surface area (Å²) < 4.78 is 0. The zero-order chi connectivity index (χ0) is 14.2. The number of nitrogens with one attached hydrogen (secondary N) is 2. The summed E-state index contributed by atoms with van der Waals surface area (Å²) in [5.74, 6) is 1.11. The molecule has 2 aromatic heterocycles. The molecule has 0 aromatic carbocycles. The summed E-state index contributed by atoms with van der Waals surface area (Å²) in [7, 11) is 0. The van der Waals surface area contributed by atoms with Gasteiger partial charge in [-0.2, -0.15) is 0 Å². The molecule has 2 fully saturated rings. The van der Waals surface area contributed by atoms with Crippen LogP contribution in [-0.2, 0) is 6.42 Å². The quantitative estimate of drug-likeness (QED) is 0.904. The molecule has 3 heterocycles. The van der Waals surface area contributed by atoms with E-state index in [1.165, 1.54) is 36.6 Å². The van der Waals surface area contributed by atoms with Crippen molar-refractivity contribution in [2.24, 2.45) is 0 Å². The van der Waals surface area contributed by atoms with E-state index in [0.717, 1.165) is 37.0 Å². The van der Waals surface area contributed by atoms with Crippen LogP contribution in [0.5, 0.6) is 0 Å². The van der Waals surface area contributed by atoms with Crippen LogP contribution in [0.3, 0.4) is 0 Å². The fraction of sp³-hybridized carbons (Fsp3) is 0.625. The first-order valence-corrected chi connectivity index (χ1v) is 8.17. The number of aromatic nitrogens is 3. The first-order chi connectivity index (χ1) is 10.3. The minimum Gasteiger partial charge on any atom is -0.356 e. The fourth-order valence-electron chi connectivity index (χ4n) is 3.37. The number of rotatable bonds is 4. The first kappa shape index (κ1) is 13.1. The minimum atomic E-state index is 0.697. The highest BCUT2D eigenvalue weighted by atomic mass is 15.2. The monoisotopic (exact) mass is 285 g/mol. The van der Waals surface area contributed by atoms with Gasteiger partial charge in [0.2, 0.25) is 0 Å². The Morgan fingerprint density at radius 3 is 2.67 bits per heavy atom. The largest absolute Gasteiger partial charge is 0.356 e. The highest BCUT2D eigenvalue weighted by Crippen LogP contribution is 2.29. The molecule has 4 rings (SSSR count). The summed E-state index contributed by atoms with van der Waals surface area (Å²) in [5, 5.41) is 4.97. The van der Waals surface area contributed by atoms with Crippen molar-refractivity contribution < 1.29 is 0 Å². The molecule has 1 aliphatic heterocycles. The Morgan fingerprint density at radius 2 is 1.95 bits per heavy atom. The maximum atomic E-state index is 4.58. The lowest BCUT2D eigenvalue weighted by Crippen LogP contribution is -2.43. The summed E-state index contributed by atoms with van der Waals surface area (Å²) >= 11 is 0. The molecule has 0 radical (unpaired) electrons. The topological polar surface area (TPSA) is 56.8 Å². The third-order valence-corrected chi connectivity index (χ3v) is 4.76. The normalized spacial score (nSPS) is 20.3. The van der Waals surface area contributed by atoms with Gasteiger partial charge in [0.1, 0.15) is 17.8 Å². The van der Waals surface area contributed by atoms with Crippen molar-refractivity contribution in [2.75, 3.05) is 18.0 Å². The predicted octanol–water partition coefficient (Wildman–Crippen LogP) is 2.24. The third kappa shape index (κ3) is 2.50. The Kier molecular flexibility index (Phi) is 3.30. The molecule has 2 N–H and O–H groups in total. The molecule has 1 saturated heterocycles. The average Bonchev–Trinajstić information content (AvgIpc) is 3.24. The molecule has 112 valence electrons. The second kappa shape index (κ2) is 5.30. The zero-order valence-corrected chi connectivity index (χ0v) is 12.6. The first-order valence-electron chi connectivity index (χ1n) is 8.17. The Labute approximate surface area is 125 Å². The van der Waals surface area contributed by atoms with Crippen molar-refractivity contribution in [1.82, 2.24) is 20.3 Å². The van der Waals surface area contributed by atoms with Crippen LogP contribution in [0.2, 0.25) is 0 Å². The van der Waals surface area contributed by atoms with Crippen LogP contribution in [0.15, 0.2) is 12.5 Å². The number of nitrogens with zero attached hydrogens (tertiary/aromatic N) is 3. The van der Waals surface area contributed by atoms with E-state index < -0.39 is 0 Å². The van der Waals surface area contributed by atoms with Crippen molar-refractivity contribution in [1.29, 1.82) is 0 Å². The van der Waals surface area contributed by atoms with E-state index in [-0.39, 0.29) is 0 Å². The Hall–Kier alpha value is -1.62. The number of piperidine rings is 1. The van der Waals surface area contributed by atoms with Gasteiger partial charge in [-0.1, -0.05) is 6.92 Å². The fourth-order valence-corrected chi connectivity index (χ4v) is 3.37. The van der Waals surface area contributed by atoms with Crippen molar-refractivity contribution in [3.05, 3.63) is 18.1 Å². The number of hydrogen-bond acceptors (Lipinski definition) is 4. The lowest BCUT2D eigenvalue weighted by Gasteiger charge is -2.33. The molecule has 0 spiro atoms. The van der Waals surface area contributed by atoms with Gasteiger partial charge in [0, 0.05) is 31.4 Å². The van der Waals surface area contributed by atoms with E-state index in [1.807, 2.05) is 0 Å². The average molecular weight is 285 g/mol. The number of aromatic amines is 1. The number of hydrogen-bond donors (Lipinski definition) is 2. The number of H-pyrrole nitrogens is 1. The second-order valence-corrected chi connectivity index (χ2v) is 6.29. The van der Waals surface area contributed by atoms with E-state index >= 15 is 0 Å². The highest BCUT2D eigenvalue weighted by molar-refractivity contribution is 5.90. The van der Waals surface area contributed by atoms with Crippen molar-refractivity contribution >= 4 is 16.9 Å². The molecular weight excluding hydrogens is 262 g/mol. The molecule has 0 atom stereocenters. The molecule has 5 heteroatoms. The number of anilines is 1. The van der Waals surface area contributed by atoms with Crippen molar-refractivity contribution in [2.45, 2.75) is 51.1 Å². The molecule has 21 heavy (non-hydrogen) atoms. The molecule has 0 unspecified atom stereocenters. The number of fused-ring (bicyclic) bond motifs is 1. The Bertz CT molecular complexity index is 623. The van der Waals surface area contributed by atoms with Crippen LogP contribution in [0.1, 0.15) is 38.2 Å². The van der Waals surface area contributed by atoms with E-state index in [4.69, 9.17) is 0 Å². The Balaban J connectivity index is 1.55. The van der Waals surface area contributed by atoms with Gasteiger partial charge in [-0.25, -0.2) is 9.97 Å². The predicted molar refractivity (Wildman–Crippen MR) is 84.7 cm³/mol. The maximum Gasteiger partial charge on any atom is 0.143 e. The molecule has 1 aliphatic carbocycles. The zero-order valence-electron chi connectivity index (χ0n) is 12.6. The Morgan fingerprint density at radius 1 is 1.19 bits per heavy atom. The van der Waals surface area contributed by atoms with Gasteiger partial charge in [-0.15, -0.1) is 0 Å². The lowest BCUT2D eigenvalue weighted by molar-refractivity contribution is 0.412. The smallest absolute Gasteiger partial charge is 0.143 e. The summed E-state index contributed by atoms with van der Waals surface area (Å²) in [6.45, 7) is 4.36. The molecule has 0 bridgehead atoms. The summed E-state index contributed by atoms with van der Waals surface area (Å²) in [4.78, 5) is 14.7. The molecule has 0 amide bonds. The minimum absolute atomic E-state index is 0.697. The van der Waals surface area contributed by atoms with Crippen LogP contribution in [0, 0.1) is 0 Å². The van der Waals surface area contributed by atoms with Crippen LogP contribution < -0.4 is 10.2 Å². The molecular formula is C16H23N5. The van der Waals surface area contributed by atoms with Crippen LogP contribution in [0.4, 0.5) is 5.82 Å². The van der Waals surface area contributed by atoms with Gasteiger partial charge in [-0.05, 0) is 37.7 Å².